The lowest BCUT2D eigenvalue weighted by Gasteiger charge is -2.24. The highest BCUT2D eigenvalue weighted by Crippen LogP contribution is 2.30. The van der Waals surface area contributed by atoms with E-state index in [4.69, 9.17) is 11.6 Å². The fraction of sp³-hybridized carbons (Fsp3) is 0.333. The molecule has 0 atom stereocenters. The molecule has 3 nitrogen and oxygen atoms in total. The molecule has 1 aromatic carbocycles. The van der Waals surface area contributed by atoms with E-state index in [0.29, 0.717) is 5.88 Å². The molecule has 4 heteroatoms. The lowest BCUT2D eigenvalue weighted by Crippen LogP contribution is -2.23. The van der Waals surface area contributed by atoms with Crippen LogP contribution in [-0.4, -0.2) is 14.5 Å². The van der Waals surface area contributed by atoms with E-state index in [1.54, 1.807) is 0 Å². The molecule has 2 aromatic heterocycles. The van der Waals surface area contributed by atoms with Crippen LogP contribution in [0.15, 0.2) is 30.5 Å². The molecule has 0 aliphatic carbocycles. The van der Waals surface area contributed by atoms with Gasteiger partial charge in [0.1, 0.15) is 11.3 Å². The maximum absolute atomic E-state index is 6.06. The minimum atomic E-state index is -0.0664. The normalized spacial score (nSPS) is 12.4. The molecule has 0 radical (unpaired) electrons. The van der Waals surface area contributed by atoms with Crippen molar-refractivity contribution in [2.75, 3.05) is 0 Å². The molecule has 19 heavy (non-hydrogen) atoms. The minimum absolute atomic E-state index is 0.0664. The van der Waals surface area contributed by atoms with Crippen LogP contribution in [0, 0.1) is 0 Å². The van der Waals surface area contributed by atoms with E-state index in [1.165, 1.54) is 0 Å². The number of hydrogen-bond acceptors (Lipinski definition) is 2. The van der Waals surface area contributed by atoms with Crippen LogP contribution in [0.5, 0.6) is 0 Å². The average molecular weight is 274 g/mol. The van der Waals surface area contributed by atoms with Crippen molar-refractivity contribution in [1.29, 1.82) is 0 Å². The lowest BCUT2D eigenvalue weighted by molar-refractivity contribution is 0.399. The molecular formula is C15H16ClN3. The van der Waals surface area contributed by atoms with Crippen molar-refractivity contribution in [3.8, 4) is 0 Å². The summed E-state index contributed by atoms with van der Waals surface area (Å²) in [6.45, 7) is 6.50. The van der Waals surface area contributed by atoms with Gasteiger partial charge in [-0.15, -0.1) is 11.6 Å². The molecule has 0 fully saturated rings. The second-order valence-corrected chi connectivity index (χ2v) is 5.94. The first kappa shape index (κ1) is 12.4. The molecule has 0 N–H and O–H groups in total. The molecule has 0 amide bonds. The predicted octanol–water partition coefficient (Wildman–Crippen LogP) is 4.08. The summed E-state index contributed by atoms with van der Waals surface area (Å²) in [7, 11) is 0. The number of benzene rings is 1. The molecule has 3 aromatic rings. The van der Waals surface area contributed by atoms with Gasteiger partial charge in [0.15, 0.2) is 0 Å². The molecule has 3 rings (SSSR count). The summed E-state index contributed by atoms with van der Waals surface area (Å²) in [6.07, 6.45) is 1.83. The molecule has 0 aliphatic heterocycles. The molecule has 0 saturated heterocycles. The molecule has 0 bridgehead atoms. The highest BCUT2D eigenvalue weighted by atomic mass is 35.5. The zero-order chi connectivity index (χ0) is 13.6. The van der Waals surface area contributed by atoms with Gasteiger partial charge in [-0.1, -0.05) is 18.2 Å². The molecule has 0 aliphatic rings. The van der Waals surface area contributed by atoms with E-state index in [0.717, 1.165) is 27.8 Å². The van der Waals surface area contributed by atoms with Crippen LogP contribution in [0.3, 0.4) is 0 Å². The summed E-state index contributed by atoms with van der Waals surface area (Å²) >= 11 is 6.06. The Kier molecular flexibility index (Phi) is 2.75. The summed E-state index contributed by atoms with van der Waals surface area (Å²) < 4.78 is 2.22. The summed E-state index contributed by atoms with van der Waals surface area (Å²) in [5, 5.41) is 1.12. The van der Waals surface area contributed by atoms with Crippen LogP contribution < -0.4 is 0 Å². The Morgan fingerprint density at radius 3 is 2.58 bits per heavy atom. The van der Waals surface area contributed by atoms with Crippen molar-refractivity contribution in [3.05, 3.63) is 36.3 Å². The maximum atomic E-state index is 6.06. The smallest absolute Gasteiger partial charge is 0.125 e. The molecular weight excluding hydrogens is 258 g/mol. The topological polar surface area (TPSA) is 30.7 Å². The van der Waals surface area contributed by atoms with Gasteiger partial charge in [0, 0.05) is 10.9 Å². The van der Waals surface area contributed by atoms with Crippen molar-refractivity contribution in [3.63, 3.8) is 0 Å². The van der Waals surface area contributed by atoms with Gasteiger partial charge in [-0.3, -0.25) is 4.98 Å². The van der Waals surface area contributed by atoms with E-state index < -0.39 is 0 Å². The third-order valence-corrected chi connectivity index (χ3v) is 3.49. The van der Waals surface area contributed by atoms with Crippen LogP contribution in [0.25, 0.3) is 21.9 Å². The number of halogens is 1. The number of fused-ring (bicyclic) bond motifs is 3. The second kappa shape index (κ2) is 4.20. The monoisotopic (exact) mass is 273 g/mol. The number of pyridine rings is 1. The first-order valence-electron chi connectivity index (χ1n) is 6.34. The Labute approximate surface area is 117 Å². The van der Waals surface area contributed by atoms with Crippen LogP contribution in [-0.2, 0) is 11.4 Å². The van der Waals surface area contributed by atoms with E-state index in [1.807, 2.05) is 24.4 Å². The molecule has 0 saturated carbocycles. The van der Waals surface area contributed by atoms with Gasteiger partial charge in [-0.2, -0.15) is 0 Å². The van der Waals surface area contributed by atoms with Gasteiger partial charge in [-0.25, -0.2) is 4.98 Å². The van der Waals surface area contributed by atoms with Crippen molar-refractivity contribution in [2.45, 2.75) is 32.2 Å². The predicted molar refractivity (Wildman–Crippen MR) is 79.6 cm³/mol. The van der Waals surface area contributed by atoms with E-state index >= 15 is 0 Å². The summed E-state index contributed by atoms with van der Waals surface area (Å²) in [5.41, 5.74) is 2.95. The SMILES string of the molecule is CC(C)(C)n1c(CCl)nc2cnc3ccccc3c21. The van der Waals surface area contributed by atoms with Gasteiger partial charge in [0.2, 0.25) is 0 Å². The third kappa shape index (κ3) is 1.89. The Hall–Kier alpha value is -1.61. The van der Waals surface area contributed by atoms with Crippen LogP contribution in [0.2, 0.25) is 0 Å². The van der Waals surface area contributed by atoms with Crippen LogP contribution >= 0.6 is 11.6 Å². The van der Waals surface area contributed by atoms with Gasteiger partial charge in [0.25, 0.3) is 0 Å². The Balaban J connectivity index is 2.53. The van der Waals surface area contributed by atoms with E-state index in [2.05, 4.69) is 41.4 Å². The minimum Gasteiger partial charge on any atom is -0.321 e. The number of aromatic nitrogens is 3. The highest BCUT2D eigenvalue weighted by Gasteiger charge is 2.22. The first-order chi connectivity index (χ1) is 9.02. The van der Waals surface area contributed by atoms with Crippen LogP contribution in [0.1, 0.15) is 26.6 Å². The van der Waals surface area contributed by atoms with Gasteiger partial charge in [-0.05, 0) is 26.8 Å². The van der Waals surface area contributed by atoms with Gasteiger partial charge in [0.05, 0.1) is 23.1 Å². The Morgan fingerprint density at radius 1 is 1.16 bits per heavy atom. The number of nitrogens with zero attached hydrogens (tertiary/aromatic N) is 3. The molecule has 0 unspecified atom stereocenters. The highest BCUT2D eigenvalue weighted by molar-refractivity contribution is 6.17. The quantitative estimate of drug-likeness (QED) is 0.626. The van der Waals surface area contributed by atoms with Gasteiger partial charge >= 0.3 is 0 Å². The summed E-state index contributed by atoms with van der Waals surface area (Å²) in [5.74, 6) is 1.29. The zero-order valence-corrected chi connectivity index (χ0v) is 12.1. The summed E-state index contributed by atoms with van der Waals surface area (Å²) in [4.78, 5) is 9.08. The standard InChI is InChI=1S/C15H16ClN3/c1-15(2,3)19-13(8-16)18-12-9-17-11-7-5-4-6-10(11)14(12)19/h4-7,9H,8H2,1-3H3. The Morgan fingerprint density at radius 2 is 1.89 bits per heavy atom. The summed E-state index contributed by atoms with van der Waals surface area (Å²) in [6, 6.07) is 8.15. The van der Waals surface area contributed by atoms with Crippen molar-refractivity contribution in [1.82, 2.24) is 14.5 Å². The zero-order valence-electron chi connectivity index (χ0n) is 11.3. The van der Waals surface area contributed by atoms with Crippen molar-refractivity contribution < 1.29 is 0 Å². The number of hydrogen-bond donors (Lipinski definition) is 0. The lowest BCUT2D eigenvalue weighted by atomic mass is 10.1. The second-order valence-electron chi connectivity index (χ2n) is 5.68. The number of alkyl halides is 1. The van der Waals surface area contributed by atoms with Gasteiger partial charge < -0.3 is 4.57 Å². The fourth-order valence-electron chi connectivity index (χ4n) is 2.56. The fourth-order valence-corrected chi connectivity index (χ4v) is 2.74. The molecule has 98 valence electrons. The Bertz CT molecular complexity index is 753. The maximum Gasteiger partial charge on any atom is 0.125 e. The largest absolute Gasteiger partial charge is 0.321 e. The van der Waals surface area contributed by atoms with E-state index in [9.17, 15) is 0 Å². The number of para-hydroxylation sites is 1. The molecule has 2 heterocycles. The third-order valence-electron chi connectivity index (χ3n) is 3.25. The number of rotatable bonds is 1. The molecule has 0 spiro atoms. The first-order valence-corrected chi connectivity index (χ1v) is 6.87. The van der Waals surface area contributed by atoms with E-state index in [-0.39, 0.29) is 5.54 Å². The number of imidazole rings is 1. The van der Waals surface area contributed by atoms with Crippen molar-refractivity contribution in [2.24, 2.45) is 0 Å². The van der Waals surface area contributed by atoms with Crippen LogP contribution in [0.4, 0.5) is 0 Å². The average Bonchev–Trinajstić information content (AvgIpc) is 2.77. The van der Waals surface area contributed by atoms with Crippen molar-refractivity contribution >= 4 is 33.5 Å².